The lowest BCUT2D eigenvalue weighted by molar-refractivity contribution is 0.148. The van der Waals surface area contributed by atoms with Gasteiger partial charge in [0.2, 0.25) is 10.0 Å². The van der Waals surface area contributed by atoms with Gasteiger partial charge in [0.1, 0.15) is 6.61 Å². The van der Waals surface area contributed by atoms with E-state index in [2.05, 4.69) is 16.7 Å². The van der Waals surface area contributed by atoms with E-state index in [1.54, 1.807) is 11.3 Å². The molecule has 0 aliphatic carbocycles. The maximum Gasteiger partial charge on any atom is 0.214 e. The fourth-order valence-corrected chi connectivity index (χ4v) is 4.62. The summed E-state index contributed by atoms with van der Waals surface area (Å²) in [6, 6.07) is 3.88. The molecule has 8 heteroatoms. The van der Waals surface area contributed by atoms with Crippen LogP contribution in [0.2, 0.25) is 0 Å². The average Bonchev–Trinajstić information content (AvgIpc) is 3.04. The number of sulfonamides is 1. The first kappa shape index (κ1) is 18.4. The van der Waals surface area contributed by atoms with E-state index in [4.69, 9.17) is 5.11 Å². The smallest absolute Gasteiger partial charge is 0.214 e. The van der Waals surface area contributed by atoms with Crippen LogP contribution in [0.3, 0.4) is 0 Å². The van der Waals surface area contributed by atoms with Gasteiger partial charge in [-0.1, -0.05) is 11.8 Å². The molecule has 1 fully saturated rings. The number of rotatable bonds is 5. The lowest BCUT2D eigenvalue weighted by atomic mass is 10.1. The van der Waals surface area contributed by atoms with E-state index in [9.17, 15) is 13.5 Å². The van der Waals surface area contributed by atoms with Crippen LogP contribution >= 0.6 is 11.3 Å². The maximum absolute atomic E-state index is 12.0. The van der Waals surface area contributed by atoms with Crippen molar-refractivity contribution in [1.82, 2.24) is 9.21 Å². The number of thiophene rings is 1. The van der Waals surface area contributed by atoms with Crippen molar-refractivity contribution in [3.8, 4) is 11.8 Å². The van der Waals surface area contributed by atoms with Gasteiger partial charge in [-0.3, -0.25) is 4.90 Å². The fraction of sp³-hybridized carbons (Fsp3) is 0.600. The molecule has 23 heavy (non-hydrogen) atoms. The van der Waals surface area contributed by atoms with Crippen molar-refractivity contribution in [2.45, 2.75) is 12.6 Å². The number of nitrogens with zero attached hydrogens (tertiary/aromatic N) is 2. The minimum Gasteiger partial charge on any atom is -0.391 e. The Morgan fingerprint density at radius 1 is 1.39 bits per heavy atom. The van der Waals surface area contributed by atoms with Crippen molar-refractivity contribution in [1.29, 1.82) is 0 Å². The van der Waals surface area contributed by atoms with Crippen LogP contribution in [0.1, 0.15) is 9.75 Å². The van der Waals surface area contributed by atoms with Crippen LogP contribution in [-0.2, 0) is 16.6 Å². The number of aliphatic hydroxyl groups is 2. The third kappa shape index (κ3) is 5.01. The third-order valence-electron chi connectivity index (χ3n) is 3.79. The van der Waals surface area contributed by atoms with E-state index in [0.717, 1.165) is 9.75 Å². The normalized spacial score (nSPS) is 22.3. The Balaban J connectivity index is 1.95. The first-order valence-electron chi connectivity index (χ1n) is 7.31. The van der Waals surface area contributed by atoms with Crippen LogP contribution in [0.25, 0.3) is 0 Å². The molecule has 2 N–H and O–H groups in total. The highest BCUT2D eigenvalue weighted by molar-refractivity contribution is 7.89. The Hall–Kier alpha value is -0.950. The van der Waals surface area contributed by atoms with Crippen LogP contribution in [0.15, 0.2) is 12.1 Å². The van der Waals surface area contributed by atoms with Crippen LogP contribution in [0, 0.1) is 17.8 Å². The van der Waals surface area contributed by atoms with Crippen molar-refractivity contribution < 1.29 is 18.6 Å². The molecule has 1 aliphatic rings. The number of hydrogen-bond acceptors (Lipinski definition) is 6. The molecule has 6 nitrogen and oxygen atoms in total. The summed E-state index contributed by atoms with van der Waals surface area (Å²) in [5.74, 6) is 5.18. The summed E-state index contributed by atoms with van der Waals surface area (Å²) in [4.78, 5) is 4.06. The largest absolute Gasteiger partial charge is 0.391 e. The zero-order valence-corrected chi connectivity index (χ0v) is 14.9. The SMILES string of the molecule is CN(C)S(=O)(=O)C[C@@H]1CN(Cc2ccc(C#CCO)s2)C[C@@H]1O. The molecule has 0 aromatic carbocycles. The lowest BCUT2D eigenvalue weighted by Gasteiger charge is -2.17. The van der Waals surface area contributed by atoms with Crippen LogP contribution in [0.4, 0.5) is 0 Å². The van der Waals surface area contributed by atoms with Gasteiger partial charge in [0, 0.05) is 44.5 Å². The van der Waals surface area contributed by atoms with Crippen molar-refractivity contribution in [2.24, 2.45) is 5.92 Å². The van der Waals surface area contributed by atoms with E-state index in [1.807, 2.05) is 12.1 Å². The van der Waals surface area contributed by atoms with Crippen molar-refractivity contribution in [3.63, 3.8) is 0 Å². The standard InChI is InChI=1S/C15H22N2O4S2/c1-16(2)23(20,21)11-12-8-17(10-15(12)19)9-14-6-5-13(22-14)4-3-7-18/h5-6,12,15,18-19H,7-11H2,1-2H3/t12-,15-/m0/s1. The molecule has 2 heterocycles. The first-order chi connectivity index (χ1) is 10.8. The molecule has 128 valence electrons. The molecule has 2 atom stereocenters. The highest BCUT2D eigenvalue weighted by atomic mass is 32.2. The predicted octanol–water partition coefficient (Wildman–Crippen LogP) is -0.224. The minimum absolute atomic E-state index is 0.0324. The highest BCUT2D eigenvalue weighted by Gasteiger charge is 2.35. The number of aliphatic hydroxyl groups excluding tert-OH is 2. The first-order valence-corrected chi connectivity index (χ1v) is 9.73. The average molecular weight is 358 g/mol. The molecule has 2 rings (SSSR count). The molecular weight excluding hydrogens is 336 g/mol. The molecule has 0 amide bonds. The van der Waals surface area contributed by atoms with E-state index in [1.165, 1.54) is 18.4 Å². The highest BCUT2D eigenvalue weighted by Crippen LogP contribution is 2.24. The van der Waals surface area contributed by atoms with E-state index in [-0.39, 0.29) is 18.3 Å². The molecule has 0 bridgehead atoms. The van der Waals surface area contributed by atoms with Gasteiger partial charge in [0.05, 0.1) is 16.7 Å². The Kier molecular flexibility index (Phi) is 6.19. The summed E-state index contributed by atoms with van der Waals surface area (Å²) in [7, 11) is -0.292. The summed E-state index contributed by atoms with van der Waals surface area (Å²) in [5, 5.41) is 18.8. The van der Waals surface area contributed by atoms with Crippen LogP contribution in [-0.4, -0.2) is 73.5 Å². The summed E-state index contributed by atoms with van der Waals surface area (Å²) < 4.78 is 25.1. The molecule has 0 spiro atoms. The molecular formula is C15H22N2O4S2. The molecule has 1 aliphatic heterocycles. The Labute approximate surface area is 141 Å². The monoisotopic (exact) mass is 358 g/mol. The molecule has 0 saturated carbocycles. The third-order valence-corrected chi connectivity index (χ3v) is 6.74. The van der Waals surface area contributed by atoms with E-state index < -0.39 is 16.1 Å². The zero-order valence-electron chi connectivity index (χ0n) is 13.3. The van der Waals surface area contributed by atoms with Gasteiger partial charge in [-0.25, -0.2) is 12.7 Å². The molecule has 1 saturated heterocycles. The quantitative estimate of drug-likeness (QED) is 0.711. The van der Waals surface area contributed by atoms with Gasteiger partial charge in [-0.05, 0) is 12.1 Å². The second-order valence-corrected chi connectivity index (χ2v) is 9.20. The summed E-state index contributed by atoms with van der Waals surface area (Å²) >= 11 is 1.55. The minimum atomic E-state index is -3.31. The Morgan fingerprint density at radius 3 is 2.78 bits per heavy atom. The summed E-state index contributed by atoms with van der Waals surface area (Å²) in [5.41, 5.74) is 0. The van der Waals surface area contributed by atoms with Gasteiger partial charge in [-0.2, -0.15) is 0 Å². The van der Waals surface area contributed by atoms with E-state index in [0.29, 0.717) is 19.6 Å². The second-order valence-electron chi connectivity index (χ2n) is 5.81. The van der Waals surface area contributed by atoms with Crippen molar-refractivity contribution >= 4 is 21.4 Å². The number of likely N-dealkylation sites (tertiary alicyclic amines) is 1. The molecule has 1 aromatic rings. The lowest BCUT2D eigenvalue weighted by Crippen LogP contribution is -2.33. The van der Waals surface area contributed by atoms with Gasteiger partial charge in [0.15, 0.2) is 0 Å². The summed E-state index contributed by atoms with van der Waals surface area (Å²) in [6.07, 6.45) is -0.627. The van der Waals surface area contributed by atoms with Crippen molar-refractivity contribution in [3.05, 3.63) is 21.9 Å². The zero-order chi connectivity index (χ0) is 17.0. The predicted molar refractivity (Wildman–Crippen MR) is 90.5 cm³/mol. The molecule has 0 unspecified atom stereocenters. The number of hydrogen-bond donors (Lipinski definition) is 2. The Bertz CT molecular complexity index is 688. The molecule has 1 aromatic heterocycles. The van der Waals surface area contributed by atoms with E-state index >= 15 is 0 Å². The van der Waals surface area contributed by atoms with Gasteiger partial charge < -0.3 is 10.2 Å². The van der Waals surface area contributed by atoms with Crippen LogP contribution in [0.5, 0.6) is 0 Å². The fourth-order valence-electron chi connectivity index (χ4n) is 2.53. The maximum atomic E-state index is 12.0. The van der Waals surface area contributed by atoms with Gasteiger partial charge in [0.25, 0.3) is 0 Å². The van der Waals surface area contributed by atoms with Crippen molar-refractivity contribution in [2.75, 3.05) is 39.5 Å². The summed E-state index contributed by atoms with van der Waals surface area (Å²) in [6.45, 7) is 1.54. The topological polar surface area (TPSA) is 81.1 Å². The Morgan fingerprint density at radius 2 is 2.13 bits per heavy atom. The van der Waals surface area contributed by atoms with Gasteiger partial charge >= 0.3 is 0 Å². The second kappa shape index (κ2) is 7.75. The molecule has 0 radical (unpaired) electrons. The van der Waals surface area contributed by atoms with Crippen LogP contribution < -0.4 is 0 Å². The number of β-amino-alcohol motifs (C(OH)–C–C–N with tert-alkyl or cyclic N) is 1. The van der Waals surface area contributed by atoms with Gasteiger partial charge in [-0.15, -0.1) is 11.3 Å².